The molecule has 0 aromatic heterocycles. The predicted molar refractivity (Wildman–Crippen MR) is 59.7 cm³/mol. The first kappa shape index (κ1) is 14.7. The Morgan fingerprint density at radius 3 is 2.47 bits per heavy atom. The van der Waals surface area contributed by atoms with Crippen molar-refractivity contribution in [3.8, 4) is 0 Å². The molecular formula is C11H21F3N2O. The smallest absolute Gasteiger partial charge is 0.317 e. The monoisotopic (exact) mass is 254 g/mol. The minimum absolute atomic E-state index is 0.275. The Bertz CT molecular complexity index is 205. The van der Waals surface area contributed by atoms with E-state index in [-0.39, 0.29) is 6.61 Å². The molecule has 1 rings (SSSR count). The summed E-state index contributed by atoms with van der Waals surface area (Å²) in [4.78, 5) is 2.03. The molecule has 0 atom stereocenters. The fraction of sp³-hybridized carbons (Fsp3) is 1.00. The van der Waals surface area contributed by atoms with Gasteiger partial charge in [-0.25, -0.2) is 0 Å². The zero-order chi connectivity index (χ0) is 12.7. The highest BCUT2D eigenvalue weighted by Gasteiger charge is 2.29. The van der Waals surface area contributed by atoms with Gasteiger partial charge in [0.1, 0.15) is 0 Å². The van der Waals surface area contributed by atoms with Gasteiger partial charge >= 0.3 is 6.36 Å². The summed E-state index contributed by atoms with van der Waals surface area (Å²) in [6.45, 7) is 5.71. The maximum atomic E-state index is 11.8. The summed E-state index contributed by atoms with van der Waals surface area (Å²) < 4.78 is 39.3. The van der Waals surface area contributed by atoms with E-state index in [1.165, 1.54) is 0 Å². The molecule has 0 bridgehead atoms. The molecule has 0 spiro atoms. The van der Waals surface area contributed by atoms with Crippen molar-refractivity contribution >= 4 is 0 Å². The Balaban J connectivity index is 2.18. The van der Waals surface area contributed by atoms with E-state index in [0.717, 1.165) is 39.0 Å². The molecule has 0 unspecified atom stereocenters. The summed E-state index contributed by atoms with van der Waals surface area (Å²) in [5.74, 6) is 0.599. The molecule has 1 aliphatic rings. The molecule has 0 amide bonds. The minimum atomic E-state index is -4.51. The van der Waals surface area contributed by atoms with Crippen LogP contribution in [0.15, 0.2) is 0 Å². The quantitative estimate of drug-likeness (QED) is 0.783. The Kier molecular flexibility index (Phi) is 6.22. The van der Waals surface area contributed by atoms with Gasteiger partial charge in [0.15, 0.2) is 0 Å². The Morgan fingerprint density at radius 2 is 1.94 bits per heavy atom. The topological polar surface area (TPSA) is 24.5 Å². The van der Waals surface area contributed by atoms with Crippen molar-refractivity contribution in [1.82, 2.24) is 10.2 Å². The molecule has 1 heterocycles. The van der Waals surface area contributed by atoms with E-state index in [4.69, 9.17) is 0 Å². The SMILES string of the molecule is CCN(CCOC(F)(F)F)CC1CCNCC1. The number of nitrogens with one attached hydrogen (secondary N) is 1. The molecule has 0 aromatic rings. The lowest BCUT2D eigenvalue weighted by Crippen LogP contribution is -2.38. The molecule has 0 radical (unpaired) electrons. The molecule has 17 heavy (non-hydrogen) atoms. The van der Waals surface area contributed by atoms with Crippen LogP contribution in [0.1, 0.15) is 19.8 Å². The maximum absolute atomic E-state index is 11.8. The van der Waals surface area contributed by atoms with Crippen molar-refractivity contribution in [3.05, 3.63) is 0 Å². The van der Waals surface area contributed by atoms with Crippen LogP contribution in [0.5, 0.6) is 0 Å². The first-order valence-corrected chi connectivity index (χ1v) is 6.15. The van der Waals surface area contributed by atoms with Gasteiger partial charge in [0.25, 0.3) is 0 Å². The molecule has 102 valence electrons. The summed E-state index contributed by atoms with van der Waals surface area (Å²) in [7, 11) is 0. The van der Waals surface area contributed by atoms with Crippen LogP contribution >= 0.6 is 0 Å². The number of piperidine rings is 1. The lowest BCUT2D eigenvalue weighted by atomic mass is 9.97. The van der Waals surface area contributed by atoms with Gasteiger partial charge in [0.05, 0.1) is 6.61 Å². The van der Waals surface area contributed by atoms with E-state index in [1.807, 2.05) is 11.8 Å². The summed E-state index contributed by atoms with van der Waals surface area (Å²) in [5.41, 5.74) is 0. The molecule has 1 fully saturated rings. The standard InChI is InChI=1S/C11H21F3N2O/c1-2-16(7-8-17-11(12,13)14)9-10-3-5-15-6-4-10/h10,15H,2-9H2,1H3. The van der Waals surface area contributed by atoms with Crippen molar-refractivity contribution in [3.63, 3.8) is 0 Å². The van der Waals surface area contributed by atoms with Crippen molar-refractivity contribution in [2.75, 3.05) is 39.3 Å². The molecule has 1 aliphatic heterocycles. The molecule has 3 nitrogen and oxygen atoms in total. The van der Waals surface area contributed by atoms with Crippen LogP contribution in [0.4, 0.5) is 13.2 Å². The molecule has 6 heteroatoms. The predicted octanol–water partition coefficient (Wildman–Crippen LogP) is 1.84. The lowest BCUT2D eigenvalue weighted by molar-refractivity contribution is -0.325. The van der Waals surface area contributed by atoms with E-state index in [2.05, 4.69) is 10.1 Å². The van der Waals surface area contributed by atoms with E-state index < -0.39 is 6.36 Å². The minimum Gasteiger partial charge on any atom is -0.317 e. The van der Waals surface area contributed by atoms with Gasteiger partial charge in [-0.1, -0.05) is 6.92 Å². The number of nitrogens with zero attached hydrogens (tertiary/aromatic N) is 1. The van der Waals surface area contributed by atoms with Crippen molar-refractivity contribution in [2.24, 2.45) is 5.92 Å². The summed E-state index contributed by atoms with van der Waals surface area (Å²) in [5, 5.41) is 3.28. The molecule has 1 saturated heterocycles. The first-order chi connectivity index (χ1) is 8.01. The summed E-state index contributed by atoms with van der Waals surface area (Å²) in [6, 6.07) is 0. The van der Waals surface area contributed by atoms with E-state index in [1.54, 1.807) is 0 Å². The highest BCUT2D eigenvalue weighted by Crippen LogP contribution is 2.16. The van der Waals surface area contributed by atoms with Crippen molar-refractivity contribution in [1.29, 1.82) is 0 Å². The van der Waals surface area contributed by atoms with E-state index >= 15 is 0 Å². The van der Waals surface area contributed by atoms with Crippen LogP contribution in [0.3, 0.4) is 0 Å². The fourth-order valence-electron chi connectivity index (χ4n) is 2.10. The summed E-state index contributed by atoms with van der Waals surface area (Å²) in [6.07, 6.45) is -2.29. The second kappa shape index (κ2) is 7.18. The zero-order valence-electron chi connectivity index (χ0n) is 10.2. The van der Waals surface area contributed by atoms with Gasteiger partial charge in [-0.2, -0.15) is 0 Å². The number of alkyl halides is 3. The number of hydrogen-bond donors (Lipinski definition) is 1. The van der Waals surface area contributed by atoms with Crippen LogP contribution in [-0.2, 0) is 4.74 Å². The molecule has 1 N–H and O–H groups in total. The van der Waals surface area contributed by atoms with Gasteiger partial charge in [-0.3, -0.25) is 4.74 Å². The highest BCUT2D eigenvalue weighted by atomic mass is 19.4. The molecule has 0 aliphatic carbocycles. The summed E-state index contributed by atoms with van der Waals surface area (Å²) >= 11 is 0. The van der Waals surface area contributed by atoms with Crippen molar-refractivity contribution < 1.29 is 17.9 Å². The van der Waals surface area contributed by atoms with Gasteiger partial charge in [-0.05, 0) is 38.4 Å². The highest BCUT2D eigenvalue weighted by molar-refractivity contribution is 4.72. The Labute approximate surface area is 100 Å². The van der Waals surface area contributed by atoms with E-state index in [0.29, 0.717) is 12.5 Å². The number of hydrogen-bond acceptors (Lipinski definition) is 3. The van der Waals surface area contributed by atoms with Gasteiger partial charge in [0, 0.05) is 13.1 Å². The van der Waals surface area contributed by atoms with Crippen LogP contribution < -0.4 is 5.32 Å². The average Bonchev–Trinajstić information content (AvgIpc) is 2.27. The maximum Gasteiger partial charge on any atom is 0.522 e. The van der Waals surface area contributed by atoms with Gasteiger partial charge in [0.2, 0.25) is 0 Å². The third-order valence-corrected chi connectivity index (χ3v) is 3.10. The fourth-order valence-corrected chi connectivity index (χ4v) is 2.10. The largest absolute Gasteiger partial charge is 0.522 e. The Hall–Kier alpha value is -0.330. The van der Waals surface area contributed by atoms with Gasteiger partial charge in [-0.15, -0.1) is 13.2 Å². The first-order valence-electron chi connectivity index (χ1n) is 6.15. The number of halogens is 3. The normalized spacial score (nSPS) is 18.9. The molecular weight excluding hydrogens is 233 g/mol. The van der Waals surface area contributed by atoms with Crippen LogP contribution in [0.25, 0.3) is 0 Å². The van der Waals surface area contributed by atoms with Crippen molar-refractivity contribution in [2.45, 2.75) is 26.1 Å². The third-order valence-electron chi connectivity index (χ3n) is 3.10. The lowest BCUT2D eigenvalue weighted by Gasteiger charge is -2.29. The number of rotatable bonds is 6. The van der Waals surface area contributed by atoms with Crippen LogP contribution in [0.2, 0.25) is 0 Å². The Morgan fingerprint density at radius 1 is 1.29 bits per heavy atom. The van der Waals surface area contributed by atoms with Crippen LogP contribution in [0, 0.1) is 5.92 Å². The van der Waals surface area contributed by atoms with Gasteiger partial charge < -0.3 is 10.2 Å². The molecule has 0 aromatic carbocycles. The average molecular weight is 254 g/mol. The van der Waals surface area contributed by atoms with E-state index in [9.17, 15) is 13.2 Å². The number of ether oxygens (including phenoxy) is 1. The third kappa shape index (κ3) is 6.85. The van der Waals surface area contributed by atoms with Crippen LogP contribution in [-0.4, -0.2) is 50.6 Å². The second-order valence-corrected chi connectivity index (χ2v) is 4.38. The second-order valence-electron chi connectivity index (χ2n) is 4.38. The molecule has 0 saturated carbocycles. The zero-order valence-corrected chi connectivity index (χ0v) is 10.2. The number of likely N-dealkylation sites (N-methyl/N-ethyl adjacent to an activating group) is 1.